The van der Waals surface area contributed by atoms with Gasteiger partial charge in [0.25, 0.3) is 0 Å². The van der Waals surface area contributed by atoms with E-state index >= 15 is 0 Å². The standard InChI is InChI=1S/C24H36FN5O2/c1-28(19-5-3-18(26)4-6-19)10-11-29-12-14-30(15-13-29)22-8-2-17(16-21(22)25)20-7-9-23(31)27-24(20)32/h2,8,16,18-20H,3-7,9-15,26H2,1H3,(H,27,31,32). The number of imide groups is 1. The zero-order chi connectivity index (χ0) is 22.7. The summed E-state index contributed by atoms with van der Waals surface area (Å²) in [6.45, 7) is 5.49. The second-order valence-corrected chi connectivity index (χ2v) is 9.59. The number of carbonyl (C=O) groups is 2. The number of nitrogens with zero attached hydrogens (tertiary/aromatic N) is 3. The Balaban J connectivity index is 1.26. The highest BCUT2D eigenvalue weighted by Crippen LogP contribution is 2.29. The molecule has 2 heterocycles. The zero-order valence-corrected chi connectivity index (χ0v) is 19.1. The normalized spacial score (nSPS) is 27.6. The molecular formula is C24H36FN5O2. The molecule has 0 spiro atoms. The van der Waals surface area contributed by atoms with Crippen molar-refractivity contribution in [3.05, 3.63) is 29.6 Å². The summed E-state index contributed by atoms with van der Waals surface area (Å²) in [5, 5.41) is 2.35. The smallest absolute Gasteiger partial charge is 0.234 e. The largest absolute Gasteiger partial charge is 0.367 e. The van der Waals surface area contributed by atoms with Crippen LogP contribution in [0.15, 0.2) is 18.2 Å². The van der Waals surface area contributed by atoms with Gasteiger partial charge in [0.05, 0.1) is 11.6 Å². The number of piperazine rings is 1. The van der Waals surface area contributed by atoms with Crippen molar-refractivity contribution in [3.63, 3.8) is 0 Å². The number of carbonyl (C=O) groups excluding carboxylic acids is 2. The Morgan fingerprint density at radius 3 is 2.47 bits per heavy atom. The highest BCUT2D eigenvalue weighted by molar-refractivity contribution is 6.00. The number of anilines is 1. The first-order chi connectivity index (χ1) is 15.4. The van der Waals surface area contributed by atoms with Crippen molar-refractivity contribution in [3.8, 4) is 0 Å². The van der Waals surface area contributed by atoms with Crippen molar-refractivity contribution >= 4 is 17.5 Å². The Hall–Kier alpha value is -2.03. The van der Waals surface area contributed by atoms with Crippen LogP contribution in [0.3, 0.4) is 0 Å². The first-order valence-corrected chi connectivity index (χ1v) is 12.0. The number of amides is 2. The maximum absolute atomic E-state index is 14.9. The molecule has 2 aliphatic heterocycles. The molecule has 0 radical (unpaired) electrons. The molecule has 2 saturated heterocycles. The van der Waals surface area contributed by atoms with Crippen LogP contribution in [0.5, 0.6) is 0 Å². The van der Waals surface area contributed by atoms with Gasteiger partial charge in [-0.15, -0.1) is 0 Å². The second kappa shape index (κ2) is 10.3. The summed E-state index contributed by atoms with van der Waals surface area (Å²) in [4.78, 5) is 30.5. The van der Waals surface area contributed by atoms with Crippen molar-refractivity contribution < 1.29 is 14.0 Å². The van der Waals surface area contributed by atoms with Gasteiger partial charge in [-0.05, 0) is 56.8 Å². The number of halogens is 1. The first-order valence-electron chi connectivity index (χ1n) is 12.0. The topological polar surface area (TPSA) is 81.9 Å². The van der Waals surface area contributed by atoms with Crippen molar-refractivity contribution in [2.24, 2.45) is 5.73 Å². The lowest BCUT2D eigenvalue weighted by Gasteiger charge is -2.38. The van der Waals surface area contributed by atoms with Crippen LogP contribution in [0.25, 0.3) is 0 Å². The monoisotopic (exact) mass is 445 g/mol. The Labute approximate surface area is 190 Å². The van der Waals surface area contributed by atoms with E-state index in [0.29, 0.717) is 36.2 Å². The number of piperidine rings is 1. The highest BCUT2D eigenvalue weighted by atomic mass is 19.1. The lowest BCUT2D eigenvalue weighted by atomic mass is 9.90. The summed E-state index contributed by atoms with van der Waals surface area (Å²) in [6.07, 6.45) is 5.37. The SMILES string of the molecule is CN(CCN1CCN(c2ccc(C3CCC(=O)NC3=O)cc2F)CC1)C1CCC(N)CC1. The fourth-order valence-electron chi connectivity index (χ4n) is 5.24. The fraction of sp³-hybridized carbons (Fsp3) is 0.667. The number of nitrogens with two attached hydrogens (primary N) is 1. The van der Waals surface area contributed by atoms with E-state index in [1.807, 2.05) is 6.07 Å². The van der Waals surface area contributed by atoms with E-state index in [-0.39, 0.29) is 17.6 Å². The first kappa shape index (κ1) is 23.1. The van der Waals surface area contributed by atoms with Gasteiger partial charge in [-0.1, -0.05) is 6.07 Å². The molecule has 0 bridgehead atoms. The van der Waals surface area contributed by atoms with Crippen molar-refractivity contribution in [1.29, 1.82) is 0 Å². The fourth-order valence-corrected chi connectivity index (χ4v) is 5.24. The van der Waals surface area contributed by atoms with E-state index in [0.717, 1.165) is 52.1 Å². The Morgan fingerprint density at radius 1 is 1.09 bits per heavy atom. The van der Waals surface area contributed by atoms with Crippen LogP contribution in [-0.4, -0.2) is 80.0 Å². The van der Waals surface area contributed by atoms with Crippen LogP contribution in [0.4, 0.5) is 10.1 Å². The Bertz CT molecular complexity index is 819. The molecule has 3 aliphatic rings. The van der Waals surface area contributed by atoms with Crippen LogP contribution in [0.2, 0.25) is 0 Å². The average Bonchev–Trinajstić information content (AvgIpc) is 2.78. The van der Waals surface area contributed by atoms with Crippen LogP contribution in [0, 0.1) is 5.82 Å². The summed E-state index contributed by atoms with van der Waals surface area (Å²) in [7, 11) is 2.22. The van der Waals surface area contributed by atoms with Gasteiger partial charge in [0.1, 0.15) is 5.82 Å². The van der Waals surface area contributed by atoms with Gasteiger partial charge in [0.15, 0.2) is 0 Å². The van der Waals surface area contributed by atoms with Crippen molar-refractivity contribution in [2.75, 3.05) is 51.2 Å². The molecule has 1 aromatic carbocycles. The molecule has 3 fully saturated rings. The van der Waals surface area contributed by atoms with Crippen LogP contribution in [0.1, 0.15) is 50.0 Å². The molecule has 1 unspecified atom stereocenters. The van der Waals surface area contributed by atoms with Crippen LogP contribution < -0.4 is 16.0 Å². The van der Waals surface area contributed by atoms with E-state index in [1.54, 1.807) is 6.07 Å². The third kappa shape index (κ3) is 5.47. The highest BCUT2D eigenvalue weighted by Gasteiger charge is 2.29. The molecule has 3 N–H and O–H groups in total. The number of nitrogens with one attached hydrogen (secondary N) is 1. The molecule has 1 saturated carbocycles. The predicted octanol–water partition coefficient (Wildman–Crippen LogP) is 1.67. The molecule has 1 atom stereocenters. The predicted molar refractivity (Wildman–Crippen MR) is 123 cm³/mol. The number of rotatable bonds is 6. The summed E-state index contributed by atoms with van der Waals surface area (Å²) in [6, 6.07) is 6.10. The van der Waals surface area contributed by atoms with E-state index in [1.165, 1.54) is 18.9 Å². The second-order valence-electron chi connectivity index (χ2n) is 9.59. The van der Waals surface area contributed by atoms with E-state index in [4.69, 9.17) is 5.73 Å². The summed E-state index contributed by atoms with van der Waals surface area (Å²) >= 11 is 0. The third-order valence-corrected chi connectivity index (χ3v) is 7.46. The molecule has 0 aromatic heterocycles. The quantitative estimate of drug-likeness (QED) is 0.649. The number of hydrogen-bond donors (Lipinski definition) is 2. The molecule has 8 heteroatoms. The van der Waals surface area contributed by atoms with Gasteiger partial charge >= 0.3 is 0 Å². The molecule has 7 nitrogen and oxygen atoms in total. The maximum atomic E-state index is 14.9. The lowest BCUT2D eigenvalue weighted by molar-refractivity contribution is -0.134. The molecule has 1 aliphatic carbocycles. The van der Waals surface area contributed by atoms with Crippen LogP contribution in [-0.2, 0) is 9.59 Å². The Kier molecular flexibility index (Phi) is 7.43. The summed E-state index contributed by atoms with van der Waals surface area (Å²) < 4.78 is 14.9. The van der Waals surface area contributed by atoms with Gasteiger partial charge < -0.3 is 15.5 Å². The molecule has 4 rings (SSSR count). The van der Waals surface area contributed by atoms with E-state index < -0.39 is 5.92 Å². The minimum absolute atomic E-state index is 0.254. The number of benzene rings is 1. The van der Waals surface area contributed by atoms with E-state index in [9.17, 15) is 14.0 Å². The van der Waals surface area contributed by atoms with Gasteiger partial charge in [-0.3, -0.25) is 19.8 Å². The summed E-state index contributed by atoms with van der Waals surface area (Å²) in [5.41, 5.74) is 7.26. The molecule has 1 aromatic rings. The van der Waals surface area contributed by atoms with Crippen molar-refractivity contribution in [2.45, 2.75) is 56.5 Å². The number of hydrogen-bond acceptors (Lipinski definition) is 6. The zero-order valence-electron chi connectivity index (χ0n) is 19.1. The summed E-state index contributed by atoms with van der Waals surface area (Å²) in [5.74, 6) is -1.33. The minimum Gasteiger partial charge on any atom is -0.367 e. The molecule has 176 valence electrons. The van der Waals surface area contributed by atoms with Gasteiger partial charge in [0.2, 0.25) is 11.8 Å². The lowest BCUT2D eigenvalue weighted by Crippen LogP contribution is -2.49. The van der Waals surface area contributed by atoms with E-state index in [2.05, 4.69) is 27.1 Å². The van der Waals surface area contributed by atoms with Gasteiger partial charge in [0, 0.05) is 57.8 Å². The molecule has 2 amide bonds. The minimum atomic E-state index is -0.454. The van der Waals surface area contributed by atoms with Crippen molar-refractivity contribution in [1.82, 2.24) is 15.1 Å². The van der Waals surface area contributed by atoms with Crippen LogP contribution >= 0.6 is 0 Å². The molecular weight excluding hydrogens is 409 g/mol. The average molecular weight is 446 g/mol. The van der Waals surface area contributed by atoms with Gasteiger partial charge in [-0.25, -0.2) is 4.39 Å². The Morgan fingerprint density at radius 2 is 1.81 bits per heavy atom. The number of likely N-dealkylation sites (N-methyl/N-ethyl adjacent to an activating group) is 1. The maximum Gasteiger partial charge on any atom is 0.234 e. The van der Waals surface area contributed by atoms with Gasteiger partial charge in [-0.2, -0.15) is 0 Å². The third-order valence-electron chi connectivity index (χ3n) is 7.46. The molecule has 32 heavy (non-hydrogen) atoms.